The molecule has 1 aromatic heterocycles. The smallest absolute Gasteiger partial charge is 0.253 e. The number of rotatable bonds is 5. The molecule has 7 nitrogen and oxygen atoms in total. The van der Waals surface area contributed by atoms with Crippen LogP contribution in [0.15, 0.2) is 29.1 Å². The summed E-state index contributed by atoms with van der Waals surface area (Å²) in [5.41, 5.74) is 3.61. The number of ether oxygens (including phenoxy) is 1. The molecule has 2 N–H and O–H groups in total. The first-order valence-electron chi connectivity index (χ1n) is 9.22. The molecule has 28 heavy (non-hydrogen) atoms. The Bertz CT molecular complexity index is 980. The monoisotopic (exact) mass is 383 g/mol. The van der Waals surface area contributed by atoms with Crippen LogP contribution in [-0.4, -0.2) is 30.5 Å². The molecule has 3 rings (SSSR count). The van der Waals surface area contributed by atoms with Crippen molar-refractivity contribution in [2.24, 2.45) is 5.92 Å². The highest BCUT2D eigenvalue weighted by Crippen LogP contribution is 2.33. The van der Waals surface area contributed by atoms with Gasteiger partial charge in [0.15, 0.2) is 0 Å². The minimum Gasteiger partial charge on any atom is -0.495 e. The van der Waals surface area contributed by atoms with E-state index < -0.39 is 5.92 Å². The average Bonchev–Trinajstić information content (AvgIpc) is 3.02. The Morgan fingerprint density at radius 1 is 1.25 bits per heavy atom. The number of anilines is 1. The maximum Gasteiger partial charge on any atom is 0.253 e. The third-order valence-electron chi connectivity index (χ3n) is 5.05. The SMILES string of the molecule is COc1ccc(C)cc1N1C[C@H](C(=O)NCc2c(C)cc(C)[nH]c2=O)CC1=O. The second kappa shape index (κ2) is 7.88. The van der Waals surface area contributed by atoms with Crippen molar-refractivity contribution in [2.45, 2.75) is 33.7 Å². The topological polar surface area (TPSA) is 91.5 Å². The molecule has 1 atom stereocenters. The zero-order valence-corrected chi connectivity index (χ0v) is 16.6. The molecule has 0 spiro atoms. The van der Waals surface area contributed by atoms with E-state index in [0.29, 0.717) is 17.0 Å². The molecule has 2 amide bonds. The summed E-state index contributed by atoms with van der Waals surface area (Å²) in [5.74, 6) is -0.223. The molecule has 0 aliphatic carbocycles. The van der Waals surface area contributed by atoms with Gasteiger partial charge in [0.25, 0.3) is 5.56 Å². The number of aromatic nitrogens is 1. The summed E-state index contributed by atoms with van der Waals surface area (Å²) in [5, 5.41) is 2.81. The van der Waals surface area contributed by atoms with E-state index in [0.717, 1.165) is 16.8 Å². The van der Waals surface area contributed by atoms with Crippen LogP contribution >= 0.6 is 0 Å². The van der Waals surface area contributed by atoms with Crippen LogP contribution in [0.4, 0.5) is 5.69 Å². The quantitative estimate of drug-likeness (QED) is 0.826. The van der Waals surface area contributed by atoms with Crippen LogP contribution in [0.5, 0.6) is 5.75 Å². The average molecular weight is 383 g/mol. The predicted octanol–water partition coefficient (Wildman–Crippen LogP) is 1.98. The van der Waals surface area contributed by atoms with Gasteiger partial charge in [-0.15, -0.1) is 0 Å². The molecule has 0 saturated carbocycles. The minimum absolute atomic E-state index is 0.117. The van der Waals surface area contributed by atoms with Gasteiger partial charge in [0.1, 0.15) is 5.75 Å². The number of nitrogens with one attached hydrogen (secondary N) is 2. The van der Waals surface area contributed by atoms with Crippen LogP contribution in [-0.2, 0) is 16.1 Å². The highest BCUT2D eigenvalue weighted by Gasteiger charge is 2.36. The van der Waals surface area contributed by atoms with E-state index in [4.69, 9.17) is 4.74 Å². The number of pyridine rings is 1. The molecule has 0 radical (unpaired) electrons. The van der Waals surface area contributed by atoms with E-state index in [1.165, 1.54) is 0 Å². The van der Waals surface area contributed by atoms with Gasteiger partial charge >= 0.3 is 0 Å². The van der Waals surface area contributed by atoms with Gasteiger partial charge in [-0.3, -0.25) is 14.4 Å². The first-order valence-corrected chi connectivity index (χ1v) is 9.22. The van der Waals surface area contributed by atoms with Crippen LogP contribution < -0.4 is 20.5 Å². The van der Waals surface area contributed by atoms with Gasteiger partial charge in [-0.25, -0.2) is 0 Å². The molecule has 7 heteroatoms. The lowest BCUT2D eigenvalue weighted by Gasteiger charge is -2.20. The second-order valence-corrected chi connectivity index (χ2v) is 7.24. The van der Waals surface area contributed by atoms with Crippen molar-refractivity contribution in [1.82, 2.24) is 10.3 Å². The highest BCUT2D eigenvalue weighted by molar-refractivity contribution is 6.01. The Hall–Kier alpha value is -3.09. The van der Waals surface area contributed by atoms with E-state index in [1.807, 2.05) is 45.0 Å². The van der Waals surface area contributed by atoms with E-state index in [2.05, 4.69) is 10.3 Å². The van der Waals surface area contributed by atoms with Crippen LogP contribution in [0.1, 0.15) is 28.8 Å². The Balaban J connectivity index is 1.71. The molecular weight excluding hydrogens is 358 g/mol. The predicted molar refractivity (Wildman–Crippen MR) is 107 cm³/mol. The maximum atomic E-state index is 12.6. The van der Waals surface area contributed by atoms with Crippen molar-refractivity contribution in [3.63, 3.8) is 0 Å². The summed E-state index contributed by atoms with van der Waals surface area (Å²) in [6.45, 7) is 6.02. The fourth-order valence-electron chi connectivity index (χ4n) is 3.55. The van der Waals surface area contributed by atoms with Gasteiger partial charge in [0.2, 0.25) is 11.8 Å². The number of hydrogen-bond acceptors (Lipinski definition) is 4. The number of H-pyrrole nitrogens is 1. The Morgan fingerprint density at radius 2 is 2.00 bits per heavy atom. The molecule has 1 aromatic carbocycles. The van der Waals surface area contributed by atoms with Crippen LogP contribution in [0.25, 0.3) is 0 Å². The van der Waals surface area contributed by atoms with Crippen molar-refractivity contribution in [3.8, 4) is 5.75 Å². The van der Waals surface area contributed by atoms with Crippen molar-refractivity contribution in [1.29, 1.82) is 0 Å². The fraction of sp³-hybridized carbons (Fsp3) is 0.381. The van der Waals surface area contributed by atoms with Crippen molar-refractivity contribution in [3.05, 3.63) is 57.0 Å². The van der Waals surface area contributed by atoms with Crippen LogP contribution in [0.3, 0.4) is 0 Å². The molecule has 1 fully saturated rings. The van der Waals surface area contributed by atoms with E-state index in [9.17, 15) is 14.4 Å². The van der Waals surface area contributed by atoms with E-state index in [1.54, 1.807) is 12.0 Å². The molecule has 0 bridgehead atoms. The molecule has 148 valence electrons. The molecule has 1 aliphatic heterocycles. The number of hydrogen-bond donors (Lipinski definition) is 2. The largest absolute Gasteiger partial charge is 0.495 e. The summed E-state index contributed by atoms with van der Waals surface area (Å²) in [6, 6.07) is 7.48. The van der Waals surface area contributed by atoms with Gasteiger partial charge in [0, 0.05) is 30.8 Å². The number of nitrogens with zero attached hydrogens (tertiary/aromatic N) is 1. The number of carbonyl (C=O) groups is 2. The van der Waals surface area contributed by atoms with Crippen molar-refractivity contribution >= 4 is 17.5 Å². The Morgan fingerprint density at radius 3 is 2.68 bits per heavy atom. The third kappa shape index (κ3) is 3.93. The number of methoxy groups -OCH3 is 1. The lowest BCUT2D eigenvalue weighted by atomic mass is 10.1. The van der Waals surface area contributed by atoms with Gasteiger partial charge < -0.3 is 19.9 Å². The molecular formula is C21H25N3O4. The summed E-state index contributed by atoms with van der Waals surface area (Å²) in [6.07, 6.45) is 0.131. The zero-order valence-electron chi connectivity index (χ0n) is 16.6. The summed E-state index contributed by atoms with van der Waals surface area (Å²) in [7, 11) is 1.56. The normalized spacial score (nSPS) is 16.4. The maximum absolute atomic E-state index is 12.6. The first kappa shape index (κ1) is 19.7. The van der Waals surface area contributed by atoms with Crippen molar-refractivity contribution < 1.29 is 14.3 Å². The molecule has 1 aliphatic rings. The number of amides is 2. The Labute approximate surface area is 163 Å². The molecule has 1 saturated heterocycles. The van der Waals surface area contributed by atoms with E-state index >= 15 is 0 Å². The molecule has 2 heterocycles. The highest BCUT2D eigenvalue weighted by atomic mass is 16.5. The number of carbonyl (C=O) groups excluding carboxylic acids is 2. The first-order chi connectivity index (χ1) is 13.3. The molecule has 0 unspecified atom stereocenters. The number of aryl methyl sites for hydroxylation is 3. The summed E-state index contributed by atoms with van der Waals surface area (Å²) < 4.78 is 5.37. The second-order valence-electron chi connectivity index (χ2n) is 7.24. The van der Waals surface area contributed by atoms with Gasteiger partial charge in [0.05, 0.1) is 18.7 Å². The number of benzene rings is 1. The third-order valence-corrected chi connectivity index (χ3v) is 5.05. The van der Waals surface area contributed by atoms with Gasteiger partial charge in [-0.1, -0.05) is 6.07 Å². The lowest BCUT2D eigenvalue weighted by molar-refractivity contribution is -0.126. The van der Waals surface area contributed by atoms with Crippen LogP contribution in [0, 0.1) is 26.7 Å². The van der Waals surface area contributed by atoms with Crippen LogP contribution in [0.2, 0.25) is 0 Å². The summed E-state index contributed by atoms with van der Waals surface area (Å²) in [4.78, 5) is 41.6. The Kier molecular flexibility index (Phi) is 5.53. The zero-order chi connectivity index (χ0) is 20.4. The van der Waals surface area contributed by atoms with Gasteiger partial charge in [-0.2, -0.15) is 0 Å². The summed E-state index contributed by atoms with van der Waals surface area (Å²) >= 11 is 0. The lowest BCUT2D eigenvalue weighted by Crippen LogP contribution is -2.34. The molecule has 2 aromatic rings. The standard InChI is InChI=1S/C21H25N3O4/c1-12-5-6-18(28-4)17(7-12)24-11-15(9-19(24)25)20(26)22-10-16-13(2)8-14(3)23-21(16)27/h5-8,15H,9-11H2,1-4H3,(H,22,26)(H,23,27)/t15-/m1/s1. The van der Waals surface area contributed by atoms with E-state index in [-0.39, 0.29) is 36.9 Å². The van der Waals surface area contributed by atoms with Gasteiger partial charge in [-0.05, 0) is 50.1 Å². The minimum atomic E-state index is -0.470. The van der Waals surface area contributed by atoms with Crippen molar-refractivity contribution in [2.75, 3.05) is 18.6 Å². The number of aromatic amines is 1. The fourth-order valence-corrected chi connectivity index (χ4v) is 3.55.